The summed E-state index contributed by atoms with van der Waals surface area (Å²) in [5.41, 5.74) is 5.62. The Morgan fingerprint density at radius 3 is 2.71 bits per heavy atom. The predicted octanol–water partition coefficient (Wildman–Crippen LogP) is 2.47. The first-order chi connectivity index (χ1) is 13.2. The number of aromatic nitrogens is 1. The Morgan fingerprint density at radius 2 is 2.14 bits per heavy atom. The Morgan fingerprint density at radius 1 is 1.39 bits per heavy atom. The maximum Gasteiger partial charge on any atom is 0.573 e. The van der Waals surface area contributed by atoms with E-state index in [1.165, 1.54) is 17.0 Å². The number of ether oxygens (including phenoxy) is 1. The van der Waals surface area contributed by atoms with Gasteiger partial charge in [0.1, 0.15) is 11.8 Å². The average Bonchev–Trinajstić information content (AvgIpc) is 3.27. The molecule has 1 atom stereocenters. The van der Waals surface area contributed by atoms with Gasteiger partial charge in [0.2, 0.25) is 11.8 Å². The van der Waals surface area contributed by atoms with E-state index in [2.05, 4.69) is 15.0 Å². The number of nitrogens with zero attached hydrogens (tertiary/aromatic N) is 2. The number of fused-ring (bicyclic) bond motifs is 1. The molecular weight excluding hydrogens is 397 g/mol. The Hall–Kier alpha value is -2.40. The maximum absolute atomic E-state index is 12.5. The number of hydrogen-bond acceptors (Lipinski definition) is 6. The highest BCUT2D eigenvalue weighted by molar-refractivity contribution is 7.22. The van der Waals surface area contributed by atoms with Crippen LogP contribution in [0.25, 0.3) is 10.2 Å². The topological polar surface area (TPSA) is 97.6 Å². The Balaban J connectivity index is 1.44. The molecule has 0 spiro atoms. The van der Waals surface area contributed by atoms with Crippen molar-refractivity contribution in [2.24, 2.45) is 11.1 Å². The van der Waals surface area contributed by atoms with Crippen LogP contribution in [0.2, 0.25) is 0 Å². The highest BCUT2D eigenvalue weighted by atomic mass is 32.1. The van der Waals surface area contributed by atoms with Gasteiger partial charge in [0.05, 0.1) is 15.6 Å². The first-order valence-electron chi connectivity index (χ1n) is 8.69. The average molecular weight is 414 g/mol. The van der Waals surface area contributed by atoms with Crippen molar-refractivity contribution in [3.63, 3.8) is 0 Å². The number of nitrogens with one attached hydrogen (secondary N) is 1. The van der Waals surface area contributed by atoms with Gasteiger partial charge in [-0.2, -0.15) is 0 Å². The molecule has 1 saturated heterocycles. The smallest absolute Gasteiger partial charge is 0.406 e. The third-order valence-electron chi connectivity index (χ3n) is 5.10. The van der Waals surface area contributed by atoms with Gasteiger partial charge in [-0.1, -0.05) is 11.3 Å². The van der Waals surface area contributed by atoms with Crippen molar-refractivity contribution >= 4 is 38.5 Å². The van der Waals surface area contributed by atoms with Gasteiger partial charge in [-0.3, -0.25) is 9.59 Å². The number of anilines is 1. The number of nitrogens with two attached hydrogens (primary N) is 1. The lowest BCUT2D eigenvalue weighted by Gasteiger charge is -2.41. The van der Waals surface area contributed by atoms with E-state index in [1.54, 1.807) is 0 Å². The molecule has 7 nitrogen and oxygen atoms in total. The fourth-order valence-corrected chi connectivity index (χ4v) is 4.11. The van der Waals surface area contributed by atoms with Crippen molar-refractivity contribution in [1.29, 1.82) is 0 Å². The molecule has 4 rings (SSSR count). The number of rotatable bonds is 5. The summed E-state index contributed by atoms with van der Waals surface area (Å²) in [6.07, 6.45) is -2.74. The molecule has 28 heavy (non-hydrogen) atoms. The summed E-state index contributed by atoms with van der Waals surface area (Å²) in [5, 5.41) is 2.91. The standard InChI is InChI=1S/C17H17F3N4O3S/c18-17(19,20)27-9-1-2-10-12(7-9)28-15(22-10)23-13(25)11-3-6-24(11)14(26)16(8-21)4-5-16/h1-2,7,11H,3-6,8,21H2,(H,22,23,25)/t11-/m0/s1. The summed E-state index contributed by atoms with van der Waals surface area (Å²) in [6, 6.07) is 3.19. The van der Waals surface area contributed by atoms with E-state index in [9.17, 15) is 22.8 Å². The molecule has 2 heterocycles. The third-order valence-corrected chi connectivity index (χ3v) is 6.04. The fraction of sp³-hybridized carbons (Fsp3) is 0.471. The van der Waals surface area contributed by atoms with Crippen molar-refractivity contribution in [1.82, 2.24) is 9.88 Å². The summed E-state index contributed by atoms with van der Waals surface area (Å²) in [6.45, 7) is 0.785. The van der Waals surface area contributed by atoms with E-state index < -0.39 is 17.8 Å². The first-order valence-corrected chi connectivity index (χ1v) is 9.51. The van der Waals surface area contributed by atoms with Gasteiger partial charge in [0, 0.05) is 19.2 Å². The van der Waals surface area contributed by atoms with Crippen molar-refractivity contribution in [2.75, 3.05) is 18.4 Å². The maximum atomic E-state index is 12.5. The molecule has 1 aliphatic heterocycles. The highest BCUT2D eigenvalue weighted by Crippen LogP contribution is 2.47. The van der Waals surface area contributed by atoms with Crippen molar-refractivity contribution < 1.29 is 27.5 Å². The molecular formula is C17H17F3N4O3S. The number of carbonyl (C=O) groups excluding carboxylic acids is 2. The molecule has 2 aromatic rings. The van der Waals surface area contributed by atoms with Gasteiger partial charge in [-0.05, 0) is 31.4 Å². The molecule has 2 fully saturated rings. The van der Waals surface area contributed by atoms with Crippen LogP contribution in [0.1, 0.15) is 19.3 Å². The van der Waals surface area contributed by atoms with E-state index in [0.29, 0.717) is 23.2 Å². The van der Waals surface area contributed by atoms with Gasteiger partial charge < -0.3 is 20.7 Å². The minimum absolute atomic E-state index is 0.0837. The normalized spacial score (nSPS) is 20.6. The van der Waals surface area contributed by atoms with Gasteiger partial charge >= 0.3 is 6.36 Å². The summed E-state index contributed by atoms with van der Waals surface area (Å²) in [7, 11) is 0. The van der Waals surface area contributed by atoms with Crippen molar-refractivity contribution in [2.45, 2.75) is 31.7 Å². The lowest BCUT2D eigenvalue weighted by molar-refractivity contribution is -0.274. The van der Waals surface area contributed by atoms with Crippen LogP contribution in [0.5, 0.6) is 5.75 Å². The quantitative estimate of drug-likeness (QED) is 0.784. The molecule has 2 amide bonds. The molecule has 11 heteroatoms. The third kappa shape index (κ3) is 3.51. The molecule has 3 N–H and O–H groups in total. The lowest BCUT2D eigenvalue weighted by Crippen LogP contribution is -2.59. The number of benzene rings is 1. The molecule has 1 saturated carbocycles. The van der Waals surface area contributed by atoms with Crippen LogP contribution in [-0.4, -0.2) is 47.2 Å². The van der Waals surface area contributed by atoms with E-state index in [4.69, 9.17) is 5.73 Å². The van der Waals surface area contributed by atoms with E-state index in [-0.39, 0.29) is 29.2 Å². The SMILES string of the molecule is NCC1(C(=O)N2CC[C@H]2C(=O)Nc2nc3ccc(OC(F)(F)F)cc3s2)CC1. The van der Waals surface area contributed by atoms with Gasteiger partial charge in [0.15, 0.2) is 5.13 Å². The second-order valence-corrected chi connectivity index (χ2v) is 8.00. The van der Waals surface area contributed by atoms with Crippen LogP contribution in [-0.2, 0) is 9.59 Å². The number of amides is 2. The first kappa shape index (κ1) is 18.9. The summed E-state index contributed by atoms with van der Waals surface area (Å²) in [4.78, 5) is 30.8. The minimum Gasteiger partial charge on any atom is -0.406 e. The molecule has 150 valence electrons. The van der Waals surface area contributed by atoms with Crippen LogP contribution in [0, 0.1) is 5.41 Å². The van der Waals surface area contributed by atoms with Crippen molar-refractivity contribution in [3.8, 4) is 5.75 Å². The molecule has 1 aromatic heterocycles. The zero-order chi connectivity index (χ0) is 20.1. The monoisotopic (exact) mass is 414 g/mol. The molecule has 0 radical (unpaired) electrons. The zero-order valence-electron chi connectivity index (χ0n) is 14.6. The van der Waals surface area contributed by atoms with Crippen LogP contribution < -0.4 is 15.8 Å². The number of thiazole rings is 1. The molecule has 1 aliphatic carbocycles. The van der Waals surface area contributed by atoms with Crippen LogP contribution in [0.15, 0.2) is 18.2 Å². The number of halogens is 3. The van der Waals surface area contributed by atoms with Gasteiger partial charge in [-0.15, -0.1) is 13.2 Å². The number of carbonyl (C=O) groups is 2. The summed E-state index contributed by atoms with van der Waals surface area (Å²) >= 11 is 1.04. The molecule has 2 aliphatic rings. The van der Waals surface area contributed by atoms with E-state index >= 15 is 0 Å². The zero-order valence-corrected chi connectivity index (χ0v) is 15.4. The number of likely N-dealkylation sites (tertiary alicyclic amines) is 1. The van der Waals surface area contributed by atoms with E-state index in [0.717, 1.165) is 30.2 Å². The lowest BCUT2D eigenvalue weighted by atomic mass is 9.96. The minimum atomic E-state index is -4.78. The van der Waals surface area contributed by atoms with Crippen molar-refractivity contribution in [3.05, 3.63) is 18.2 Å². The second-order valence-electron chi connectivity index (χ2n) is 6.97. The van der Waals surface area contributed by atoms with Crippen LogP contribution in [0.4, 0.5) is 18.3 Å². The van der Waals surface area contributed by atoms with E-state index in [1.807, 2.05) is 0 Å². The Labute approximate surface area is 161 Å². The number of hydrogen-bond donors (Lipinski definition) is 2. The van der Waals surface area contributed by atoms with Gasteiger partial charge in [-0.25, -0.2) is 4.98 Å². The Bertz CT molecular complexity index is 941. The van der Waals surface area contributed by atoms with Gasteiger partial charge in [0.25, 0.3) is 0 Å². The second kappa shape index (κ2) is 6.59. The molecule has 0 bridgehead atoms. The Kier molecular flexibility index (Phi) is 4.46. The number of alkyl halides is 3. The van der Waals surface area contributed by atoms with Crippen LogP contribution in [0.3, 0.4) is 0 Å². The fourth-order valence-electron chi connectivity index (χ4n) is 3.21. The molecule has 1 aromatic carbocycles. The summed E-state index contributed by atoms with van der Waals surface area (Å²) < 4.78 is 41.3. The highest BCUT2D eigenvalue weighted by Gasteiger charge is 2.54. The largest absolute Gasteiger partial charge is 0.573 e. The predicted molar refractivity (Wildman–Crippen MR) is 95.8 cm³/mol. The summed E-state index contributed by atoms with van der Waals surface area (Å²) in [5.74, 6) is -0.799. The van der Waals surface area contributed by atoms with Crippen LogP contribution >= 0.6 is 11.3 Å². The molecule has 0 unspecified atom stereocenters.